The third-order valence-electron chi connectivity index (χ3n) is 2.62. The summed E-state index contributed by atoms with van der Waals surface area (Å²) in [5, 5.41) is 9.33. The summed E-state index contributed by atoms with van der Waals surface area (Å²) >= 11 is 1.54. The molecule has 0 saturated carbocycles. The molecule has 1 amide bonds. The number of aliphatic hydroxyl groups is 1. The van der Waals surface area contributed by atoms with Gasteiger partial charge in [0.25, 0.3) is 0 Å². The molecule has 0 aliphatic carbocycles. The molecule has 3 nitrogen and oxygen atoms in total. The average Bonchev–Trinajstić information content (AvgIpc) is 2.74. The first-order valence-corrected chi connectivity index (χ1v) is 6.38. The van der Waals surface area contributed by atoms with Gasteiger partial charge in [0.2, 0.25) is 5.91 Å². The second-order valence-corrected chi connectivity index (χ2v) is 4.93. The van der Waals surface area contributed by atoms with Crippen LogP contribution in [-0.4, -0.2) is 40.9 Å². The minimum Gasteiger partial charge on any atom is -0.391 e. The van der Waals surface area contributed by atoms with Crippen molar-refractivity contribution >= 4 is 17.7 Å². The Bertz CT molecular complexity index is 355. The first-order valence-electron chi connectivity index (χ1n) is 5.39. The molecule has 86 valence electrons. The fourth-order valence-electron chi connectivity index (χ4n) is 1.72. The van der Waals surface area contributed by atoms with Crippen molar-refractivity contribution in [2.45, 2.75) is 17.4 Å². The Hall–Kier alpha value is -1.00. The van der Waals surface area contributed by atoms with E-state index < -0.39 is 0 Å². The number of carbonyl (C=O) groups is 1. The number of amides is 1. The number of hydrogen-bond donors (Lipinski definition) is 1. The highest BCUT2D eigenvalue weighted by Crippen LogP contribution is 2.18. The SMILES string of the molecule is O=C(CSc1ccccc1)N1CC[C@@H](O)C1. The van der Waals surface area contributed by atoms with Gasteiger partial charge in [-0.05, 0) is 18.6 Å². The van der Waals surface area contributed by atoms with E-state index in [-0.39, 0.29) is 12.0 Å². The number of β-amino-alcohol motifs (C(OH)–C–C–N with tert-alkyl or cyclic N) is 1. The molecule has 2 rings (SSSR count). The van der Waals surface area contributed by atoms with Gasteiger partial charge in [0.05, 0.1) is 11.9 Å². The molecule has 1 aliphatic heterocycles. The number of hydrogen-bond acceptors (Lipinski definition) is 3. The van der Waals surface area contributed by atoms with Crippen LogP contribution in [0, 0.1) is 0 Å². The molecule has 1 atom stereocenters. The van der Waals surface area contributed by atoms with E-state index in [1.165, 1.54) is 0 Å². The molecule has 1 fully saturated rings. The summed E-state index contributed by atoms with van der Waals surface area (Å²) in [5.74, 6) is 0.571. The summed E-state index contributed by atoms with van der Waals surface area (Å²) in [7, 11) is 0. The number of likely N-dealkylation sites (tertiary alicyclic amines) is 1. The van der Waals surface area contributed by atoms with Crippen molar-refractivity contribution in [2.75, 3.05) is 18.8 Å². The molecule has 1 heterocycles. The number of carbonyl (C=O) groups excluding carboxylic acids is 1. The van der Waals surface area contributed by atoms with E-state index in [1.54, 1.807) is 16.7 Å². The van der Waals surface area contributed by atoms with Gasteiger partial charge in [0.1, 0.15) is 0 Å². The zero-order chi connectivity index (χ0) is 11.4. The first kappa shape index (κ1) is 11.5. The summed E-state index contributed by atoms with van der Waals surface area (Å²) in [6.07, 6.45) is 0.382. The lowest BCUT2D eigenvalue weighted by atomic mass is 10.3. The monoisotopic (exact) mass is 237 g/mol. The number of rotatable bonds is 3. The Morgan fingerprint density at radius 1 is 1.44 bits per heavy atom. The molecule has 1 N–H and O–H groups in total. The predicted molar refractivity (Wildman–Crippen MR) is 64.4 cm³/mol. The highest BCUT2D eigenvalue weighted by molar-refractivity contribution is 8.00. The van der Waals surface area contributed by atoms with Crippen molar-refractivity contribution in [3.63, 3.8) is 0 Å². The molecule has 1 saturated heterocycles. The van der Waals surface area contributed by atoms with Gasteiger partial charge in [0, 0.05) is 18.0 Å². The summed E-state index contributed by atoms with van der Waals surface area (Å²) in [6, 6.07) is 9.88. The van der Waals surface area contributed by atoms with Crippen LogP contribution in [0.2, 0.25) is 0 Å². The number of thioether (sulfide) groups is 1. The quantitative estimate of drug-likeness (QED) is 0.807. The lowest BCUT2D eigenvalue weighted by Gasteiger charge is -2.14. The maximum atomic E-state index is 11.8. The topological polar surface area (TPSA) is 40.5 Å². The van der Waals surface area contributed by atoms with Crippen molar-refractivity contribution in [1.29, 1.82) is 0 Å². The van der Waals surface area contributed by atoms with Crippen LogP contribution in [0.25, 0.3) is 0 Å². The molecule has 1 aromatic rings. The van der Waals surface area contributed by atoms with Gasteiger partial charge < -0.3 is 10.0 Å². The number of aliphatic hydroxyl groups excluding tert-OH is 1. The zero-order valence-corrected chi connectivity index (χ0v) is 9.82. The maximum Gasteiger partial charge on any atom is 0.233 e. The van der Waals surface area contributed by atoms with Gasteiger partial charge in [0.15, 0.2) is 0 Å². The van der Waals surface area contributed by atoms with Gasteiger partial charge in [-0.15, -0.1) is 11.8 Å². The Morgan fingerprint density at radius 2 is 2.19 bits per heavy atom. The van der Waals surface area contributed by atoms with Gasteiger partial charge >= 0.3 is 0 Å². The van der Waals surface area contributed by atoms with Crippen LogP contribution in [0.15, 0.2) is 35.2 Å². The van der Waals surface area contributed by atoms with Crippen LogP contribution in [0.4, 0.5) is 0 Å². The van der Waals surface area contributed by atoms with E-state index in [9.17, 15) is 9.90 Å². The van der Waals surface area contributed by atoms with Crippen molar-refractivity contribution in [2.24, 2.45) is 0 Å². The van der Waals surface area contributed by atoms with Crippen LogP contribution in [-0.2, 0) is 4.79 Å². The van der Waals surface area contributed by atoms with Crippen LogP contribution < -0.4 is 0 Å². The molecule has 0 bridgehead atoms. The summed E-state index contributed by atoms with van der Waals surface area (Å²) in [4.78, 5) is 14.6. The van der Waals surface area contributed by atoms with Crippen LogP contribution in [0.5, 0.6) is 0 Å². The van der Waals surface area contributed by atoms with E-state index in [2.05, 4.69) is 0 Å². The zero-order valence-electron chi connectivity index (χ0n) is 9.00. The minimum absolute atomic E-state index is 0.116. The van der Waals surface area contributed by atoms with Crippen LogP contribution >= 0.6 is 11.8 Å². The number of benzene rings is 1. The lowest BCUT2D eigenvalue weighted by Crippen LogP contribution is -2.30. The standard InChI is InChI=1S/C12H15NO2S/c14-10-6-7-13(8-10)12(15)9-16-11-4-2-1-3-5-11/h1-5,10,14H,6-9H2/t10-/m1/s1. The highest BCUT2D eigenvalue weighted by Gasteiger charge is 2.24. The Morgan fingerprint density at radius 3 is 2.81 bits per heavy atom. The van der Waals surface area contributed by atoms with Gasteiger partial charge in [-0.25, -0.2) is 0 Å². The van der Waals surface area contributed by atoms with Gasteiger partial charge in [-0.2, -0.15) is 0 Å². The van der Waals surface area contributed by atoms with E-state index in [1.807, 2.05) is 30.3 Å². The molecule has 4 heteroatoms. The maximum absolute atomic E-state index is 11.8. The van der Waals surface area contributed by atoms with E-state index in [4.69, 9.17) is 0 Å². The van der Waals surface area contributed by atoms with Crippen LogP contribution in [0.3, 0.4) is 0 Å². The molecule has 0 spiro atoms. The van der Waals surface area contributed by atoms with Crippen molar-refractivity contribution in [3.8, 4) is 0 Å². The number of nitrogens with zero attached hydrogens (tertiary/aromatic N) is 1. The Labute approximate surface area is 99.5 Å². The molecular formula is C12H15NO2S. The lowest BCUT2D eigenvalue weighted by molar-refractivity contribution is -0.127. The molecule has 0 aromatic heterocycles. The summed E-state index contributed by atoms with van der Waals surface area (Å²) < 4.78 is 0. The first-order chi connectivity index (χ1) is 7.75. The minimum atomic E-state index is -0.328. The fourth-order valence-corrected chi connectivity index (χ4v) is 2.54. The van der Waals surface area contributed by atoms with E-state index in [0.29, 0.717) is 25.3 Å². The molecular weight excluding hydrogens is 222 g/mol. The fraction of sp³-hybridized carbons (Fsp3) is 0.417. The Balaban J connectivity index is 1.80. The third-order valence-corrected chi connectivity index (χ3v) is 3.62. The molecule has 16 heavy (non-hydrogen) atoms. The van der Waals surface area contributed by atoms with Crippen molar-refractivity contribution in [1.82, 2.24) is 4.90 Å². The summed E-state index contributed by atoms with van der Waals surface area (Å²) in [6.45, 7) is 1.18. The van der Waals surface area contributed by atoms with Gasteiger partial charge in [-0.1, -0.05) is 18.2 Å². The van der Waals surface area contributed by atoms with Crippen molar-refractivity contribution in [3.05, 3.63) is 30.3 Å². The largest absolute Gasteiger partial charge is 0.391 e. The smallest absolute Gasteiger partial charge is 0.233 e. The predicted octanol–water partition coefficient (Wildman–Crippen LogP) is 1.37. The molecule has 0 unspecified atom stereocenters. The Kier molecular flexibility index (Phi) is 3.85. The van der Waals surface area contributed by atoms with E-state index >= 15 is 0 Å². The molecule has 1 aliphatic rings. The van der Waals surface area contributed by atoms with Crippen molar-refractivity contribution < 1.29 is 9.90 Å². The van der Waals surface area contributed by atoms with Crippen LogP contribution in [0.1, 0.15) is 6.42 Å². The second kappa shape index (κ2) is 5.37. The van der Waals surface area contributed by atoms with E-state index in [0.717, 1.165) is 4.90 Å². The molecule has 1 aromatic carbocycles. The highest BCUT2D eigenvalue weighted by atomic mass is 32.2. The third kappa shape index (κ3) is 3.00. The normalized spacial score (nSPS) is 20.1. The van der Waals surface area contributed by atoms with Gasteiger partial charge in [-0.3, -0.25) is 4.79 Å². The summed E-state index contributed by atoms with van der Waals surface area (Å²) in [5.41, 5.74) is 0. The average molecular weight is 237 g/mol. The molecule has 0 radical (unpaired) electrons. The second-order valence-electron chi connectivity index (χ2n) is 3.88.